The number of aryl methyl sites for hydroxylation is 2. The largest absolute Gasteiger partial charge is 0.417 e. The van der Waals surface area contributed by atoms with Gasteiger partial charge in [0.15, 0.2) is 5.60 Å². The van der Waals surface area contributed by atoms with E-state index in [2.05, 4.69) is 4.98 Å². The number of piperidine rings is 1. The molecule has 2 aromatic rings. The quantitative estimate of drug-likeness (QED) is 0.837. The molecular weight excluding hydrogens is 321 g/mol. The van der Waals surface area contributed by atoms with Crippen molar-refractivity contribution in [3.05, 3.63) is 35.0 Å². The Bertz CT molecular complexity index is 787. The van der Waals surface area contributed by atoms with E-state index in [1.807, 2.05) is 26.0 Å². The van der Waals surface area contributed by atoms with Crippen LogP contribution in [0.1, 0.15) is 34.5 Å². The number of aromatic nitrogens is 1. The number of hydrogen-bond acceptors (Lipinski definition) is 2. The first-order valence-corrected chi connectivity index (χ1v) is 7.79. The monoisotopic (exact) mass is 340 g/mol. The average Bonchev–Trinajstić information content (AvgIpc) is 2.90. The number of carbonyl (C=O) groups excluding carboxylic acids is 1. The first-order chi connectivity index (χ1) is 11.1. The Hall–Kier alpha value is -2.02. The third kappa shape index (κ3) is 2.77. The Morgan fingerprint density at radius 2 is 1.83 bits per heavy atom. The van der Waals surface area contributed by atoms with E-state index in [1.165, 1.54) is 4.90 Å². The number of H-pyrrole nitrogens is 1. The Labute approximate surface area is 137 Å². The van der Waals surface area contributed by atoms with E-state index in [0.29, 0.717) is 5.69 Å². The van der Waals surface area contributed by atoms with Crippen molar-refractivity contribution in [2.45, 2.75) is 38.5 Å². The van der Waals surface area contributed by atoms with Gasteiger partial charge in [-0.15, -0.1) is 0 Å². The summed E-state index contributed by atoms with van der Waals surface area (Å²) in [5.41, 5.74) is 0.591. The molecule has 1 aromatic heterocycles. The summed E-state index contributed by atoms with van der Waals surface area (Å²) in [6, 6.07) is 5.67. The van der Waals surface area contributed by atoms with Gasteiger partial charge in [-0.3, -0.25) is 4.79 Å². The van der Waals surface area contributed by atoms with Gasteiger partial charge < -0.3 is 15.0 Å². The number of benzene rings is 1. The van der Waals surface area contributed by atoms with Crippen molar-refractivity contribution in [2.24, 2.45) is 0 Å². The van der Waals surface area contributed by atoms with Gasteiger partial charge in [-0.2, -0.15) is 13.2 Å². The van der Waals surface area contributed by atoms with Crippen LogP contribution in [-0.4, -0.2) is 45.8 Å². The van der Waals surface area contributed by atoms with E-state index in [0.717, 1.165) is 22.0 Å². The van der Waals surface area contributed by atoms with Crippen LogP contribution in [0.5, 0.6) is 0 Å². The molecule has 1 saturated heterocycles. The molecule has 4 nitrogen and oxygen atoms in total. The number of amides is 1. The molecule has 7 heteroatoms. The zero-order chi connectivity index (χ0) is 17.7. The maximum absolute atomic E-state index is 12.8. The maximum atomic E-state index is 12.8. The number of rotatable bonds is 1. The van der Waals surface area contributed by atoms with E-state index >= 15 is 0 Å². The molecule has 1 aliphatic heterocycles. The molecule has 24 heavy (non-hydrogen) atoms. The summed E-state index contributed by atoms with van der Waals surface area (Å²) in [5, 5.41) is 10.6. The molecule has 0 unspecified atom stereocenters. The molecule has 1 aromatic carbocycles. The van der Waals surface area contributed by atoms with Crippen LogP contribution in [0.15, 0.2) is 18.2 Å². The Morgan fingerprint density at radius 1 is 1.21 bits per heavy atom. The summed E-state index contributed by atoms with van der Waals surface area (Å²) in [7, 11) is 0. The van der Waals surface area contributed by atoms with E-state index in [1.54, 1.807) is 6.07 Å². The van der Waals surface area contributed by atoms with Gasteiger partial charge in [0, 0.05) is 36.8 Å². The Kier molecular flexibility index (Phi) is 3.86. The van der Waals surface area contributed by atoms with Gasteiger partial charge in [-0.05, 0) is 37.1 Å². The normalized spacial score (nSPS) is 18.2. The number of fused-ring (bicyclic) bond motifs is 1. The van der Waals surface area contributed by atoms with E-state index in [-0.39, 0.29) is 19.0 Å². The van der Waals surface area contributed by atoms with Crippen molar-refractivity contribution in [1.29, 1.82) is 0 Å². The number of nitrogens with one attached hydrogen (secondary N) is 1. The predicted octanol–water partition coefficient (Wildman–Crippen LogP) is 3.31. The number of nitrogens with zero attached hydrogens (tertiary/aromatic N) is 1. The van der Waals surface area contributed by atoms with Gasteiger partial charge in [-0.25, -0.2) is 0 Å². The van der Waals surface area contributed by atoms with Gasteiger partial charge in [-0.1, -0.05) is 6.07 Å². The predicted molar refractivity (Wildman–Crippen MR) is 83.9 cm³/mol. The van der Waals surface area contributed by atoms with Crippen molar-refractivity contribution >= 4 is 16.8 Å². The lowest BCUT2D eigenvalue weighted by molar-refractivity contribution is -0.271. The number of halogens is 3. The average molecular weight is 340 g/mol. The first kappa shape index (κ1) is 16.8. The molecule has 1 amide bonds. The number of aliphatic hydroxyl groups is 1. The Balaban J connectivity index is 1.80. The fraction of sp³-hybridized carbons (Fsp3) is 0.471. The number of hydrogen-bond donors (Lipinski definition) is 2. The molecule has 0 spiro atoms. The van der Waals surface area contributed by atoms with Crippen LogP contribution < -0.4 is 0 Å². The smallest absolute Gasteiger partial charge is 0.380 e. The molecule has 2 N–H and O–H groups in total. The number of carbonyl (C=O) groups is 1. The minimum atomic E-state index is -4.67. The fourth-order valence-electron chi connectivity index (χ4n) is 3.25. The molecule has 3 rings (SSSR count). The van der Waals surface area contributed by atoms with Gasteiger partial charge in [0.25, 0.3) is 5.91 Å². The highest BCUT2D eigenvalue weighted by Crippen LogP contribution is 2.38. The van der Waals surface area contributed by atoms with Crippen LogP contribution in [0.4, 0.5) is 13.2 Å². The van der Waals surface area contributed by atoms with Crippen LogP contribution in [0, 0.1) is 13.8 Å². The minimum Gasteiger partial charge on any atom is -0.380 e. The van der Waals surface area contributed by atoms with Gasteiger partial charge in [0.2, 0.25) is 0 Å². The maximum Gasteiger partial charge on any atom is 0.417 e. The topological polar surface area (TPSA) is 56.3 Å². The second-order valence-corrected chi connectivity index (χ2v) is 6.55. The SMILES string of the molecule is Cc1cc(C)c2cc(C(=O)N3CCC(O)(C(F)(F)F)CC3)[nH]c2c1. The zero-order valence-electron chi connectivity index (χ0n) is 13.5. The third-order valence-corrected chi connectivity index (χ3v) is 4.73. The summed E-state index contributed by atoms with van der Waals surface area (Å²) >= 11 is 0. The third-order valence-electron chi connectivity index (χ3n) is 4.73. The number of aromatic amines is 1. The van der Waals surface area contributed by atoms with E-state index in [9.17, 15) is 23.1 Å². The van der Waals surface area contributed by atoms with Crippen molar-refractivity contribution < 1.29 is 23.1 Å². The molecule has 130 valence electrons. The lowest BCUT2D eigenvalue weighted by atomic mass is 9.90. The second-order valence-electron chi connectivity index (χ2n) is 6.55. The van der Waals surface area contributed by atoms with Gasteiger partial charge in [0.1, 0.15) is 5.69 Å². The summed E-state index contributed by atoms with van der Waals surface area (Å²) in [6.45, 7) is 3.66. The van der Waals surface area contributed by atoms with Crippen molar-refractivity contribution in [3.8, 4) is 0 Å². The molecule has 2 heterocycles. The molecule has 0 saturated carbocycles. The summed E-state index contributed by atoms with van der Waals surface area (Å²) in [5.74, 6) is -0.340. The molecule has 1 aliphatic rings. The summed E-state index contributed by atoms with van der Waals surface area (Å²) in [6.07, 6.45) is -5.67. The molecule has 0 atom stereocenters. The molecule has 0 aliphatic carbocycles. The van der Waals surface area contributed by atoms with E-state index < -0.39 is 24.6 Å². The molecule has 1 fully saturated rings. The molecule has 0 radical (unpaired) electrons. The second kappa shape index (κ2) is 5.51. The van der Waals surface area contributed by atoms with E-state index in [4.69, 9.17) is 0 Å². The molecular formula is C17H19F3N2O2. The van der Waals surface area contributed by atoms with Crippen molar-refractivity contribution in [2.75, 3.05) is 13.1 Å². The highest BCUT2D eigenvalue weighted by molar-refractivity contribution is 5.99. The van der Waals surface area contributed by atoms with Gasteiger partial charge in [0.05, 0.1) is 0 Å². The number of likely N-dealkylation sites (tertiary alicyclic amines) is 1. The molecule has 0 bridgehead atoms. The minimum absolute atomic E-state index is 0.123. The van der Waals surface area contributed by atoms with Crippen LogP contribution in [0.2, 0.25) is 0 Å². The van der Waals surface area contributed by atoms with Crippen LogP contribution in [-0.2, 0) is 0 Å². The van der Waals surface area contributed by atoms with Crippen LogP contribution in [0.25, 0.3) is 10.9 Å². The summed E-state index contributed by atoms with van der Waals surface area (Å²) in [4.78, 5) is 17.0. The van der Waals surface area contributed by atoms with Crippen molar-refractivity contribution in [1.82, 2.24) is 9.88 Å². The highest BCUT2D eigenvalue weighted by atomic mass is 19.4. The van der Waals surface area contributed by atoms with Crippen LogP contribution >= 0.6 is 0 Å². The summed E-state index contributed by atoms with van der Waals surface area (Å²) < 4.78 is 38.5. The number of alkyl halides is 3. The highest BCUT2D eigenvalue weighted by Gasteiger charge is 2.54. The fourth-order valence-corrected chi connectivity index (χ4v) is 3.25. The standard InChI is InChI=1S/C17H19F3N2O2/c1-10-7-11(2)12-9-14(21-13(12)8-10)15(23)22-5-3-16(24,4-6-22)17(18,19)20/h7-9,21,24H,3-6H2,1-2H3. The first-order valence-electron chi connectivity index (χ1n) is 7.79. The lowest BCUT2D eigenvalue weighted by Gasteiger charge is -2.38. The van der Waals surface area contributed by atoms with Crippen LogP contribution in [0.3, 0.4) is 0 Å². The lowest BCUT2D eigenvalue weighted by Crippen LogP contribution is -2.54. The zero-order valence-corrected chi connectivity index (χ0v) is 13.5. The van der Waals surface area contributed by atoms with Gasteiger partial charge >= 0.3 is 6.18 Å². The Morgan fingerprint density at radius 3 is 2.42 bits per heavy atom. The van der Waals surface area contributed by atoms with Crippen molar-refractivity contribution in [3.63, 3.8) is 0 Å².